The molecule has 0 radical (unpaired) electrons. The summed E-state index contributed by atoms with van der Waals surface area (Å²) in [6, 6.07) is 5.38. The summed E-state index contributed by atoms with van der Waals surface area (Å²) < 4.78 is 0. The third-order valence-electron chi connectivity index (χ3n) is 3.62. The Morgan fingerprint density at radius 2 is 1.96 bits per heavy atom. The van der Waals surface area contributed by atoms with Crippen molar-refractivity contribution in [3.63, 3.8) is 0 Å². The second-order valence-corrected chi connectivity index (χ2v) is 6.17. The first-order chi connectivity index (χ1) is 10.7. The summed E-state index contributed by atoms with van der Waals surface area (Å²) in [5, 5.41) is 23.7. The number of rotatable bonds is 7. The van der Waals surface area contributed by atoms with E-state index in [0.717, 1.165) is 36.6 Å². The van der Waals surface area contributed by atoms with Crippen LogP contribution in [0.1, 0.15) is 51.2 Å². The summed E-state index contributed by atoms with van der Waals surface area (Å²) in [6.07, 6.45) is 1.79. The number of anilines is 1. The Kier molecular flexibility index (Phi) is 6.57. The minimum absolute atomic E-state index is 0.240. The maximum Gasteiger partial charge on any atom is 0.337 e. The Balaban J connectivity index is 2.90. The number of aryl methyl sites for hydroxylation is 1. The maximum atomic E-state index is 12.1. The van der Waals surface area contributed by atoms with Crippen molar-refractivity contribution < 1.29 is 19.8 Å². The Bertz CT molecular complexity index is 568. The molecule has 0 fully saturated rings. The molecule has 1 aromatic rings. The van der Waals surface area contributed by atoms with Gasteiger partial charge in [-0.15, -0.1) is 0 Å². The van der Waals surface area contributed by atoms with Crippen molar-refractivity contribution >= 4 is 17.7 Å². The van der Waals surface area contributed by atoms with Gasteiger partial charge >= 0.3 is 12.0 Å². The third kappa shape index (κ3) is 5.25. The largest absolute Gasteiger partial charge is 0.479 e. The quantitative estimate of drug-likeness (QED) is 0.620. The van der Waals surface area contributed by atoms with Crippen molar-refractivity contribution in [1.29, 1.82) is 0 Å². The molecule has 6 nitrogen and oxygen atoms in total. The molecule has 128 valence electrons. The zero-order valence-electron chi connectivity index (χ0n) is 14.1. The lowest BCUT2D eigenvalue weighted by Gasteiger charge is -2.21. The predicted octanol–water partition coefficient (Wildman–Crippen LogP) is 2.72. The van der Waals surface area contributed by atoms with Crippen LogP contribution in [-0.4, -0.2) is 34.4 Å². The number of aliphatic hydroxyl groups is 1. The van der Waals surface area contributed by atoms with E-state index in [4.69, 9.17) is 5.11 Å². The normalized spacial score (nSPS) is 13.5. The molecule has 4 N–H and O–H groups in total. The summed E-state index contributed by atoms with van der Waals surface area (Å²) >= 11 is 0. The molecule has 23 heavy (non-hydrogen) atoms. The second-order valence-electron chi connectivity index (χ2n) is 6.17. The Hall–Kier alpha value is -2.08. The average molecular weight is 322 g/mol. The number of aliphatic carboxylic acids is 1. The molecule has 0 aromatic heterocycles. The Labute approximate surface area is 136 Å². The van der Waals surface area contributed by atoms with Crippen molar-refractivity contribution in [3.8, 4) is 0 Å². The topological polar surface area (TPSA) is 98.7 Å². The van der Waals surface area contributed by atoms with Crippen LogP contribution in [0.15, 0.2) is 18.2 Å². The highest BCUT2D eigenvalue weighted by atomic mass is 16.4. The van der Waals surface area contributed by atoms with E-state index in [9.17, 15) is 14.7 Å². The maximum absolute atomic E-state index is 12.1. The summed E-state index contributed by atoms with van der Waals surface area (Å²) in [6.45, 7) is 6.92. The van der Waals surface area contributed by atoms with Gasteiger partial charge in [-0.1, -0.05) is 45.4 Å². The van der Waals surface area contributed by atoms with Crippen LogP contribution in [0.4, 0.5) is 10.5 Å². The van der Waals surface area contributed by atoms with Crippen molar-refractivity contribution in [2.45, 2.75) is 52.1 Å². The Morgan fingerprint density at radius 1 is 1.30 bits per heavy atom. The van der Waals surface area contributed by atoms with Crippen LogP contribution in [-0.2, 0) is 11.2 Å². The number of para-hydroxylation sites is 1. The smallest absolute Gasteiger partial charge is 0.337 e. The highest BCUT2D eigenvalue weighted by molar-refractivity contribution is 5.91. The minimum Gasteiger partial charge on any atom is -0.479 e. The predicted molar refractivity (Wildman–Crippen MR) is 89.8 cm³/mol. The number of amides is 2. The highest BCUT2D eigenvalue weighted by Gasteiger charge is 2.30. The van der Waals surface area contributed by atoms with Crippen LogP contribution in [0.25, 0.3) is 0 Å². The van der Waals surface area contributed by atoms with E-state index in [1.54, 1.807) is 0 Å². The van der Waals surface area contributed by atoms with Gasteiger partial charge in [0.05, 0.1) is 6.54 Å². The highest BCUT2D eigenvalue weighted by Crippen LogP contribution is 2.28. The molecule has 0 heterocycles. The molecule has 0 spiro atoms. The summed E-state index contributed by atoms with van der Waals surface area (Å²) in [4.78, 5) is 22.9. The second kappa shape index (κ2) is 7.97. The molecule has 6 heteroatoms. The molecule has 0 aliphatic carbocycles. The molecule has 1 aromatic carbocycles. The molecule has 2 amide bonds. The molecule has 1 atom stereocenters. The lowest BCUT2D eigenvalue weighted by Crippen LogP contribution is -2.47. The number of carboxylic acid groups (broad SMARTS) is 1. The van der Waals surface area contributed by atoms with E-state index in [2.05, 4.69) is 17.6 Å². The van der Waals surface area contributed by atoms with Crippen molar-refractivity contribution in [2.75, 3.05) is 11.9 Å². The van der Waals surface area contributed by atoms with Gasteiger partial charge in [0.15, 0.2) is 5.60 Å². The van der Waals surface area contributed by atoms with Gasteiger partial charge in [-0.3, -0.25) is 0 Å². The van der Waals surface area contributed by atoms with Gasteiger partial charge in [-0.05, 0) is 30.4 Å². The molecule has 0 aliphatic rings. The van der Waals surface area contributed by atoms with Crippen LogP contribution in [0.2, 0.25) is 0 Å². The van der Waals surface area contributed by atoms with E-state index >= 15 is 0 Å². The van der Waals surface area contributed by atoms with Crippen molar-refractivity contribution in [2.24, 2.45) is 0 Å². The van der Waals surface area contributed by atoms with Crippen molar-refractivity contribution in [1.82, 2.24) is 5.32 Å². The monoisotopic (exact) mass is 322 g/mol. The van der Waals surface area contributed by atoms with Gasteiger partial charge in [0.25, 0.3) is 0 Å². The first-order valence-corrected chi connectivity index (χ1v) is 7.81. The van der Waals surface area contributed by atoms with Gasteiger partial charge < -0.3 is 20.8 Å². The molecule has 0 bridgehead atoms. The lowest BCUT2D eigenvalue weighted by atomic mass is 9.96. The first-order valence-electron chi connectivity index (χ1n) is 7.81. The number of hydrogen-bond acceptors (Lipinski definition) is 3. The van der Waals surface area contributed by atoms with Gasteiger partial charge in [-0.25, -0.2) is 9.59 Å². The SMILES string of the molecule is CCCc1cccc(C(C)C)c1NC(=O)NCC(C)(O)C(=O)O. The molecular weight excluding hydrogens is 296 g/mol. The summed E-state index contributed by atoms with van der Waals surface area (Å²) in [7, 11) is 0. The Morgan fingerprint density at radius 3 is 2.48 bits per heavy atom. The molecule has 1 unspecified atom stereocenters. The lowest BCUT2D eigenvalue weighted by molar-refractivity contribution is -0.155. The third-order valence-corrected chi connectivity index (χ3v) is 3.62. The number of carbonyl (C=O) groups is 2. The number of carbonyl (C=O) groups excluding carboxylic acids is 1. The zero-order valence-corrected chi connectivity index (χ0v) is 14.1. The number of nitrogens with one attached hydrogen (secondary N) is 2. The van der Waals surface area contributed by atoms with Crippen LogP contribution >= 0.6 is 0 Å². The fraction of sp³-hybridized carbons (Fsp3) is 0.529. The molecule has 0 saturated carbocycles. The van der Waals surface area contributed by atoms with Crippen LogP contribution in [0.3, 0.4) is 0 Å². The standard InChI is InChI=1S/C17H26N2O4/c1-5-7-12-8-6-9-13(11(2)3)14(12)19-16(22)18-10-17(4,23)15(20)21/h6,8-9,11,23H,5,7,10H2,1-4H3,(H,20,21)(H2,18,19,22). The van der Waals surface area contributed by atoms with Crippen LogP contribution < -0.4 is 10.6 Å². The number of urea groups is 1. The van der Waals surface area contributed by atoms with E-state index < -0.39 is 17.6 Å². The van der Waals surface area contributed by atoms with E-state index in [0.29, 0.717) is 0 Å². The first kappa shape index (κ1) is 19.0. The fourth-order valence-corrected chi connectivity index (χ4v) is 2.22. The fourth-order valence-electron chi connectivity index (χ4n) is 2.22. The molecule has 1 rings (SSSR count). The van der Waals surface area contributed by atoms with Gasteiger partial charge in [-0.2, -0.15) is 0 Å². The summed E-state index contributed by atoms with van der Waals surface area (Å²) in [5.41, 5.74) is 0.827. The van der Waals surface area contributed by atoms with Gasteiger partial charge in [0.2, 0.25) is 0 Å². The summed E-state index contributed by atoms with van der Waals surface area (Å²) in [5.74, 6) is -1.14. The van der Waals surface area contributed by atoms with Crippen molar-refractivity contribution in [3.05, 3.63) is 29.3 Å². The van der Waals surface area contributed by atoms with E-state index in [1.807, 2.05) is 32.0 Å². The van der Waals surface area contributed by atoms with Gasteiger partial charge in [0, 0.05) is 5.69 Å². The number of benzene rings is 1. The van der Waals surface area contributed by atoms with Crippen LogP contribution in [0.5, 0.6) is 0 Å². The van der Waals surface area contributed by atoms with Crippen LogP contribution in [0, 0.1) is 0 Å². The number of carboxylic acids is 1. The minimum atomic E-state index is -2.00. The molecular formula is C17H26N2O4. The molecule has 0 aliphatic heterocycles. The zero-order chi connectivity index (χ0) is 17.6. The van der Waals surface area contributed by atoms with E-state index in [1.165, 1.54) is 0 Å². The van der Waals surface area contributed by atoms with Gasteiger partial charge in [0.1, 0.15) is 0 Å². The number of hydrogen-bond donors (Lipinski definition) is 4. The average Bonchev–Trinajstić information content (AvgIpc) is 2.46. The van der Waals surface area contributed by atoms with E-state index in [-0.39, 0.29) is 12.5 Å². The molecule has 0 saturated heterocycles.